The second kappa shape index (κ2) is 5.21. The lowest BCUT2D eigenvalue weighted by molar-refractivity contribution is 0.0178. The van der Waals surface area contributed by atoms with Gasteiger partial charge in [0.25, 0.3) is 0 Å². The zero-order chi connectivity index (χ0) is 13.4. The van der Waals surface area contributed by atoms with Gasteiger partial charge in [-0.05, 0) is 32.2 Å². The van der Waals surface area contributed by atoms with Crippen molar-refractivity contribution in [2.75, 3.05) is 19.6 Å². The van der Waals surface area contributed by atoms with Gasteiger partial charge in [0.05, 0.1) is 6.54 Å². The number of nitrogens with zero attached hydrogens (tertiary/aromatic N) is 4. The van der Waals surface area contributed by atoms with Gasteiger partial charge in [-0.2, -0.15) is 4.98 Å². The summed E-state index contributed by atoms with van der Waals surface area (Å²) in [7, 11) is 0. The van der Waals surface area contributed by atoms with Crippen LogP contribution in [-0.4, -0.2) is 51.7 Å². The number of hydrogen-bond donors (Lipinski definition) is 0. The minimum Gasteiger partial charge on any atom is -0.338 e. The summed E-state index contributed by atoms with van der Waals surface area (Å²) in [5.74, 6) is 2.15. The van der Waals surface area contributed by atoms with Gasteiger partial charge in [-0.15, -0.1) is 0 Å². The second-order valence-corrected chi connectivity index (χ2v) is 6.27. The number of hydrogen-bond acceptors (Lipinski definition) is 5. The molecule has 0 aliphatic carbocycles. The summed E-state index contributed by atoms with van der Waals surface area (Å²) < 4.78 is 5.29. The molecule has 2 atom stereocenters. The maximum atomic E-state index is 5.29. The predicted octanol–water partition coefficient (Wildman–Crippen LogP) is 1.68. The third-order valence-electron chi connectivity index (χ3n) is 4.51. The van der Waals surface area contributed by atoms with Crippen molar-refractivity contribution in [3.63, 3.8) is 0 Å². The highest BCUT2D eigenvalue weighted by Gasteiger charge is 2.37. The van der Waals surface area contributed by atoms with Crippen LogP contribution in [0.15, 0.2) is 4.52 Å². The molecule has 2 aliphatic rings. The fraction of sp³-hybridized carbons (Fsp3) is 0.857. The largest absolute Gasteiger partial charge is 0.338 e. The van der Waals surface area contributed by atoms with Crippen molar-refractivity contribution in [2.24, 2.45) is 5.92 Å². The minimum absolute atomic E-state index is 0.599. The summed E-state index contributed by atoms with van der Waals surface area (Å²) in [6, 6.07) is 1.33. The lowest BCUT2D eigenvalue weighted by Gasteiger charge is -2.45. The summed E-state index contributed by atoms with van der Waals surface area (Å²) in [5.41, 5.74) is 0. The lowest BCUT2D eigenvalue weighted by atomic mass is 9.97. The Hall–Kier alpha value is -0.940. The lowest BCUT2D eigenvalue weighted by Crippen LogP contribution is -2.57. The van der Waals surface area contributed by atoms with Crippen molar-refractivity contribution in [3.05, 3.63) is 11.7 Å². The quantitative estimate of drug-likeness (QED) is 0.831. The first-order valence-electron chi connectivity index (χ1n) is 7.41. The third-order valence-corrected chi connectivity index (χ3v) is 4.51. The number of rotatable bonds is 3. The molecule has 19 heavy (non-hydrogen) atoms. The Morgan fingerprint density at radius 3 is 2.89 bits per heavy atom. The molecule has 106 valence electrons. The molecule has 0 radical (unpaired) electrons. The van der Waals surface area contributed by atoms with E-state index in [4.69, 9.17) is 4.52 Å². The SMILES string of the molecule is Cc1noc(CN2CC3CCCN3CC2C(C)C)n1. The average molecular weight is 264 g/mol. The van der Waals surface area contributed by atoms with Crippen molar-refractivity contribution >= 4 is 0 Å². The molecule has 2 unspecified atom stereocenters. The van der Waals surface area contributed by atoms with Crippen LogP contribution in [0.25, 0.3) is 0 Å². The molecular weight excluding hydrogens is 240 g/mol. The highest BCUT2D eigenvalue weighted by atomic mass is 16.5. The molecule has 2 aliphatic heterocycles. The maximum absolute atomic E-state index is 5.29. The molecule has 0 spiro atoms. The van der Waals surface area contributed by atoms with Crippen LogP contribution in [0.3, 0.4) is 0 Å². The number of aromatic nitrogens is 2. The Balaban J connectivity index is 1.73. The van der Waals surface area contributed by atoms with Crippen molar-refractivity contribution in [2.45, 2.75) is 52.2 Å². The van der Waals surface area contributed by atoms with Gasteiger partial charge in [-0.25, -0.2) is 0 Å². The van der Waals surface area contributed by atoms with Crippen LogP contribution in [-0.2, 0) is 6.54 Å². The topological polar surface area (TPSA) is 45.4 Å². The van der Waals surface area contributed by atoms with Crippen LogP contribution >= 0.6 is 0 Å². The number of aryl methyl sites for hydroxylation is 1. The van der Waals surface area contributed by atoms with Crippen molar-refractivity contribution in [3.8, 4) is 0 Å². The summed E-state index contributed by atoms with van der Waals surface area (Å²) >= 11 is 0. The molecule has 0 N–H and O–H groups in total. The van der Waals surface area contributed by atoms with E-state index >= 15 is 0 Å². The summed E-state index contributed by atoms with van der Waals surface area (Å²) in [5, 5.41) is 3.90. The van der Waals surface area contributed by atoms with Crippen LogP contribution in [0.1, 0.15) is 38.4 Å². The van der Waals surface area contributed by atoms with Gasteiger partial charge < -0.3 is 4.52 Å². The second-order valence-electron chi connectivity index (χ2n) is 6.27. The van der Waals surface area contributed by atoms with Crippen LogP contribution in [0, 0.1) is 12.8 Å². The number of piperazine rings is 1. The molecule has 2 fully saturated rings. The van der Waals surface area contributed by atoms with Crippen LogP contribution in [0.2, 0.25) is 0 Å². The van der Waals surface area contributed by atoms with Crippen LogP contribution in [0.5, 0.6) is 0 Å². The summed E-state index contributed by atoms with van der Waals surface area (Å²) in [4.78, 5) is 9.56. The van der Waals surface area contributed by atoms with Crippen molar-refractivity contribution in [1.29, 1.82) is 0 Å². The first-order valence-corrected chi connectivity index (χ1v) is 7.41. The Labute approximate surface area is 115 Å². The molecule has 5 heteroatoms. The van der Waals surface area contributed by atoms with E-state index in [0.29, 0.717) is 12.0 Å². The van der Waals surface area contributed by atoms with Gasteiger partial charge in [0.15, 0.2) is 5.82 Å². The van der Waals surface area contributed by atoms with Gasteiger partial charge in [0.2, 0.25) is 5.89 Å². The molecule has 1 aromatic heterocycles. The highest BCUT2D eigenvalue weighted by Crippen LogP contribution is 2.28. The van der Waals surface area contributed by atoms with E-state index in [2.05, 4.69) is 33.8 Å². The maximum Gasteiger partial charge on any atom is 0.240 e. The molecule has 0 bridgehead atoms. The molecule has 2 saturated heterocycles. The Morgan fingerprint density at radius 1 is 1.37 bits per heavy atom. The van der Waals surface area contributed by atoms with Crippen molar-refractivity contribution < 1.29 is 4.52 Å². The molecule has 0 saturated carbocycles. The minimum atomic E-state index is 0.599. The molecule has 1 aromatic rings. The summed E-state index contributed by atoms with van der Waals surface area (Å²) in [6.45, 7) is 10.9. The summed E-state index contributed by atoms with van der Waals surface area (Å²) in [6.07, 6.45) is 2.69. The fourth-order valence-corrected chi connectivity index (χ4v) is 3.50. The molecule has 3 heterocycles. The van der Waals surface area contributed by atoms with Crippen molar-refractivity contribution in [1.82, 2.24) is 19.9 Å². The van der Waals surface area contributed by atoms with Gasteiger partial charge in [0.1, 0.15) is 0 Å². The van der Waals surface area contributed by atoms with E-state index in [0.717, 1.165) is 30.8 Å². The monoisotopic (exact) mass is 264 g/mol. The normalized spacial score (nSPS) is 29.1. The standard InChI is InChI=1S/C14H24N4O/c1-10(2)13-8-17-6-4-5-12(17)7-18(13)9-14-15-11(3)16-19-14/h10,12-13H,4-9H2,1-3H3. The molecule has 3 rings (SSSR count). The Bertz CT molecular complexity index is 431. The van der Waals surface area contributed by atoms with E-state index in [9.17, 15) is 0 Å². The zero-order valence-electron chi connectivity index (χ0n) is 12.2. The Morgan fingerprint density at radius 2 is 2.21 bits per heavy atom. The Kier molecular flexibility index (Phi) is 3.58. The third kappa shape index (κ3) is 2.67. The van der Waals surface area contributed by atoms with E-state index in [1.54, 1.807) is 0 Å². The first-order chi connectivity index (χ1) is 9.13. The predicted molar refractivity (Wildman–Crippen MR) is 72.7 cm³/mol. The van der Waals surface area contributed by atoms with E-state index in [1.165, 1.54) is 25.9 Å². The molecular formula is C14H24N4O. The highest BCUT2D eigenvalue weighted by molar-refractivity contribution is 4.95. The zero-order valence-corrected chi connectivity index (χ0v) is 12.2. The molecule has 0 aromatic carbocycles. The average Bonchev–Trinajstić information content (AvgIpc) is 2.96. The number of fused-ring (bicyclic) bond motifs is 1. The van der Waals surface area contributed by atoms with Gasteiger partial charge >= 0.3 is 0 Å². The molecule has 0 amide bonds. The van der Waals surface area contributed by atoms with E-state index in [1.807, 2.05) is 6.92 Å². The fourth-order valence-electron chi connectivity index (χ4n) is 3.50. The van der Waals surface area contributed by atoms with E-state index in [-0.39, 0.29) is 0 Å². The van der Waals surface area contributed by atoms with E-state index < -0.39 is 0 Å². The van der Waals surface area contributed by atoms with Gasteiger partial charge in [0, 0.05) is 25.2 Å². The van der Waals surface area contributed by atoms with Crippen LogP contribution < -0.4 is 0 Å². The van der Waals surface area contributed by atoms with Gasteiger partial charge in [-0.3, -0.25) is 9.80 Å². The van der Waals surface area contributed by atoms with Gasteiger partial charge in [-0.1, -0.05) is 19.0 Å². The van der Waals surface area contributed by atoms with Crippen LogP contribution in [0.4, 0.5) is 0 Å². The smallest absolute Gasteiger partial charge is 0.240 e. The molecule has 5 nitrogen and oxygen atoms in total. The first kappa shape index (κ1) is 13.1.